The Morgan fingerprint density at radius 1 is 1.13 bits per heavy atom. The van der Waals surface area contributed by atoms with E-state index in [9.17, 15) is 4.79 Å². The minimum absolute atomic E-state index is 0.119. The van der Waals surface area contributed by atoms with Crippen molar-refractivity contribution in [3.05, 3.63) is 0 Å². The lowest BCUT2D eigenvalue weighted by atomic mass is 10.2. The Bertz CT molecular complexity index is 879. The Morgan fingerprint density at radius 3 is 2.65 bits per heavy atom. The van der Waals surface area contributed by atoms with Crippen LogP contribution in [-0.2, 0) is 9.53 Å². The van der Waals surface area contributed by atoms with Crippen LogP contribution in [-0.4, -0.2) is 105 Å². The number of amides is 1. The highest BCUT2D eigenvalue weighted by molar-refractivity contribution is 7.99. The van der Waals surface area contributed by atoms with E-state index in [1.807, 2.05) is 18.7 Å². The zero-order valence-electron chi connectivity index (χ0n) is 18.2. The molecule has 2 aromatic rings. The molecule has 0 spiro atoms. The van der Waals surface area contributed by atoms with Crippen LogP contribution in [0.25, 0.3) is 5.78 Å². The average Bonchev–Trinajstić information content (AvgIpc) is 3.43. The fourth-order valence-electron chi connectivity index (χ4n) is 3.87. The molecule has 2 fully saturated rings. The third-order valence-corrected chi connectivity index (χ3v) is 6.36. The van der Waals surface area contributed by atoms with Crippen LogP contribution >= 0.6 is 11.8 Å². The molecule has 0 aliphatic carbocycles. The smallest absolute Gasteiger partial charge is 0.261 e. The molecule has 0 bridgehead atoms. The number of thioether (sulfide) groups is 1. The lowest BCUT2D eigenvalue weighted by Crippen LogP contribution is -2.50. The highest BCUT2D eigenvalue weighted by Gasteiger charge is 2.25. The zero-order valence-corrected chi connectivity index (χ0v) is 19.0. The van der Waals surface area contributed by atoms with Crippen LogP contribution in [0.3, 0.4) is 0 Å². The first-order chi connectivity index (χ1) is 15.2. The monoisotopic (exact) mass is 449 g/mol. The van der Waals surface area contributed by atoms with Gasteiger partial charge in [0.1, 0.15) is 0 Å². The number of hydrogen-bond acceptors (Lipinski definition) is 10. The number of hydrogen-bond donors (Lipinski definition) is 2. The lowest BCUT2D eigenvalue weighted by Gasteiger charge is -2.35. The summed E-state index contributed by atoms with van der Waals surface area (Å²) < 4.78 is 7.50. The molecule has 2 N–H and O–H groups in total. The molecule has 1 amide bonds. The van der Waals surface area contributed by atoms with Gasteiger partial charge in [0, 0.05) is 52.4 Å². The number of anilines is 2. The SMILES string of the molecule is CCNc1nc(NCC)n2c(SCC(=O)N3CCN(CC4CCCO4)CC3)nnc2n1. The van der Waals surface area contributed by atoms with Crippen LogP contribution in [0.2, 0.25) is 0 Å². The van der Waals surface area contributed by atoms with E-state index in [1.54, 1.807) is 4.40 Å². The van der Waals surface area contributed by atoms with Crippen molar-refractivity contribution in [3.63, 3.8) is 0 Å². The maximum Gasteiger partial charge on any atom is 0.261 e. The van der Waals surface area contributed by atoms with Crippen LogP contribution < -0.4 is 10.6 Å². The molecule has 0 saturated carbocycles. The second-order valence-electron chi connectivity index (χ2n) is 7.65. The highest BCUT2D eigenvalue weighted by Crippen LogP contribution is 2.22. The van der Waals surface area contributed by atoms with Crippen molar-refractivity contribution in [1.82, 2.24) is 34.4 Å². The predicted molar refractivity (Wildman–Crippen MR) is 120 cm³/mol. The summed E-state index contributed by atoms with van der Waals surface area (Å²) >= 11 is 1.37. The summed E-state index contributed by atoms with van der Waals surface area (Å²) in [6, 6.07) is 0. The van der Waals surface area contributed by atoms with E-state index in [0.29, 0.717) is 47.8 Å². The minimum atomic E-state index is 0.119. The Balaban J connectivity index is 1.34. The summed E-state index contributed by atoms with van der Waals surface area (Å²) in [5.74, 6) is 2.01. The Hall–Kier alpha value is -2.18. The summed E-state index contributed by atoms with van der Waals surface area (Å²) in [6.45, 7) is 10.6. The quantitative estimate of drug-likeness (QED) is 0.533. The average molecular weight is 450 g/mol. The summed E-state index contributed by atoms with van der Waals surface area (Å²) in [4.78, 5) is 26.0. The molecule has 0 radical (unpaired) electrons. The minimum Gasteiger partial charge on any atom is -0.377 e. The van der Waals surface area contributed by atoms with Gasteiger partial charge >= 0.3 is 0 Å². The van der Waals surface area contributed by atoms with E-state index in [2.05, 4.69) is 35.7 Å². The molecular weight excluding hydrogens is 418 g/mol. The zero-order chi connectivity index (χ0) is 21.6. The van der Waals surface area contributed by atoms with Crippen LogP contribution in [0.4, 0.5) is 11.9 Å². The standard InChI is InChI=1S/C19H31N9O2S/c1-3-20-16-22-17(21-4-2)28-18(23-16)24-25-19(28)31-13-15(29)27-9-7-26(8-10-27)12-14-6-5-11-30-14/h14H,3-13H2,1-2H3,(H2,20,21,22,23,24). The summed E-state index contributed by atoms with van der Waals surface area (Å²) in [5, 5.41) is 15.4. The first kappa shape index (κ1) is 22.0. The highest BCUT2D eigenvalue weighted by atomic mass is 32.2. The number of piperazine rings is 1. The molecule has 4 heterocycles. The van der Waals surface area contributed by atoms with Crippen LogP contribution in [0.15, 0.2) is 5.16 Å². The maximum atomic E-state index is 12.8. The lowest BCUT2D eigenvalue weighted by molar-refractivity contribution is -0.130. The number of aromatic nitrogens is 5. The molecule has 4 rings (SSSR count). The van der Waals surface area contributed by atoms with Crippen LogP contribution in [0.1, 0.15) is 26.7 Å². The number of carbonyl (C=O) groups is 1. The maximum absolute atomic E-state index is 12.8. The largest absolute Gasteiger partial charge is 0.377 e. The van der Waals surface area contributed by atoms with Crippen molar-refractivity contribution in [1.29, 1.82) is 0 Å². The van der Waals surface area contributed by atoms with Crippen molar-refractivity contribution >= 4 is 35.3 Å². The number of ether oxygens (including phenoxy) is 1. The molecule has 12 heteroatoms. The van der Waals surface area contributed by atoms with Crippen molar-refractivity contribution in [2.45, 2.75) is 37.9 Å². The Morgan fingerprint density at radius 2 is 1.94 bits per heavy atom. The van der Waals surface area contributed by atoms with E-state index in [0.717, 1.165) is 52.2 Å². The van der Waals surface area contributed by atoms with Gasteiger partial charge in [0.05, 0.1) is 11.9 Å². The molecule has 1 unspecified atom stereocenters. The molecule has 31 heavy (non-hydrogen) atoms. The Kier molecular flexibility index (Phi) is 7.41. The molecular formula is C19H31N9O2S. The van der Waals surface area contributed by atoms with Crippen molar-refractivity contribution in [2.75, 3.05) is 68.8 Å². The van der Waals surface area contributed by atoms with Gasteiger partial charge in [-0.3, -0.25) is 9.69 Å². The number of rotatable bonds is 9. The number of nitrogens with one attached hydrogen (secondary N) is 2. The molecule has 1 atom stereocenters. The fourth-order valence-corrected chi connectivity index (χ4v) is 4.70. The number of nitrogens with zero attached hydrogens (tertiary/aromatic N) is 7. The number of carbonyl (C=O) groups excluding carboxylic acids is 1. The Labute approximate surface area is 186 Å². The van der Waals surface area contributed by atoms with Gasteiger partial charge in [-0.15, -0.1) is 10.2 Å². The van der Waals surface area contributed by atoms with E-state index in [1.165, 1.54) is 11.8 Å². The van der Waals surface area contributed by atoms with Crippen molar-refractivity contribution < 1.29 is 9.53 Å². The molecule has 0 aromatic carbocycles. The van der Waals surface area contributed by atoms with Gasteiger partial charge in [-0.05, 0) is 26.7 Å². The summed E-state index contributed by atoms with van der Waals surface area (Å²) in [7, 11) is 0. The van der Waals surface area contributed by atoms with Gasteiger partial charge < -0.3 is 20.3 Å². The second kappa shape index (κ2) is 10.4. The van der Waals surface area contributed by atoms with E-state index in [-0.39, 0.29) is 5.91 Å². The first-order valence-corrected chi connectivity index (χ1v) is 12.0. The van der Waals surface area contributed by atoms with Gasteiger partial charge in [0.2, 0.25) is 17.8 Å². The molecule has 11 nitrogen and oxygen atoms in total. The molecule has 170 valence electrons. The van der Waals surface area contributed by atoms with Gasteiger partial charge in [0.15, 0.2) is 5.16 Å². The third kappa shape index (κ3) is 5.36. The molecule has 2 aromatic heterocycles. The van der Waals surface area contributed by atoms with Gasteiger partial charge in [-0.25, -0.2) is 4.40 Å². The van der Waals surface area contributed by atoms with E-state index >= 15 is 0 Å². The van der Waals surface area contributed by atoms with Crippen molar-refractivity contribution in [3.8, 4) is 0 Å². The topological polar surface area (TPSA) is 113 Å². The van der Waals surface area contributed by atoms with Crippen LogP contribution in [0.5, 0.6) is 0 Å². The van der Waals surface area contributed by atoms with Gasteiger partial charge in [-0.1, -0.05) is 11.8 Å². The predicted octanol–water partition coefficient (Wildman–Crippen LogP) is 0.798. The van der Waals surface area contributed by atoms with E-state index in [4.69, 9.17) is 4.74 Å². The third-order valence-electron chi connectivity index (χ3n) is 5.45. The van der Waals surface area contributed by atoms with Gasteiger partial charge in [-0.2, -0.15) is 9.97 Å². The summed E-state index contributed by atoms with van der Waals surface area (Å²) in [6.07, 6.45) is 2.67. The summed E-state index contributed by atoms with van der Waals surface area (Å²) in [5.41, 5.74) is 0. The first-order valence-electron chi connectivity index (χ1n) is 11.0. The van der Waals surface area contributed by atoms with E-state index < -0.39 is 0 Å². The molecule has 2 aliphatic heterocycles. The normalized spacial score (nSPS) is 19.8. The van der Waals surface area contributed by atoms with Gasteiger partial charge in [0.25, 0.3) is 5.78 Å². The second-order valence-corrected chi connectivity index (χ2v) is 8.60. The fraction of sp³-hybridized carbons (Fsp3) is 0.737. The van der Waals surface area contributed by atoms with Crippen LogP contribution in [0, 0.1) is 0 Å². The molecule has 2 aliphatic rings. The van der Waals surface area contributed by atoms with Crippen molar-refractivity contribution in [2.24, 2.45) is 0 Å². The molecule has 2 saturated heterocycles. The number of fused-ring (bicyclic) bond motifs is 1.